The number of ether oxygens (including phenoxy) is 2. The molecule has 1 aromatic carbocycles. The summed E-state index contributed by atoms with van der Waals surface area (Å²) in [5.74, 6) is -1.76. The van der Waals surface area contributed by atoms with Gasteiger partial charge < -0.3 is 41.0 Å². The van der Waals surface area contributed by atoms with Crippen LogP contribution in [0.4, 0.5) is 5.69 Å². The van der Waals surface area contributed by atoms with Gasteiger partial charge in [-0.25, -0.2) is 4.79 Å². The first kappa shape index (κ1) is 21.1. The molecule has 0 bridgehead atoms. The molecule has 1 aromatic rings. The van der Waals surface area contributed by atoms with Gasteiger partial charge in [-0.15, -0.1) is 0 Å². The molecule has 1 fully saturated rings. The Morgan fingerprint density at radius 1 is 1.22 bits per heavy atom. The first-order valence-electron chi connectivity index (χ1n) is 8.50. The normalized spacial score (nSPS) is 27.8. The Morgan fingerprint density at radius 2 is 1.93 bits per heavy atom. The second-order valence-corrected chi connectivity index (χ2v) is 6.12. The number of benzene rings is 1. The van der Waals surface area contributed by atoms with E-state index < -0.39 is 36.7 Å². The van der Waals surface area contributed by atoms with Gasteiger partial charge in [0.05, 0.1) is 5.69 Å². The molecule has 10 nitrogen and oxygen atoms in total. The van der Waals surface area contributed by atoms with Crippen LogP contribution < -0.4 is 15.8 Å². The maximum absolute atomic E-state index is 11.9. The predicted octanol–water partition coefficient (Wildman–Crippen LogP) is -1.19. The number of hydrogen-bond donors (Lipinski definition) is 6. The van der Waals surface area contributed by atoms with Crippen molar-refractivity contribution in [3.63, 3.8) is 0 Å². The van der Waals surface area contributed by atoms with E-state index in [-0.39, 0.29) is 30.3 Å². The van der Waals surface area contributed by atoms with Gasteiger partial charge in [0.25, 0.3) is 0 Å². The smallest absolute Gasteiger partial charge is 0.335 e. The van der Waals surface area contributed by atoms with Crippen molar-refractivity contribution in [1.82, 2.24) is 0 Å². The SMILES string of the molecule is CCc1ccc(O[C@@H]2O[C@H](C(=O)O)[C@@H](O)[C@H](O)[C@H]2O)c(NC(=O)CCN)c1. The Hall–Kier alpha value is -2.24. The van der Waals surface area contributed by atoms with Crippen molar-refractivity contribution in [3.8, 4) is 5.75 Å². The van der Waals surface area contributed by atoms with Crippen molar-refractivity contribution >= 4 is 17.6 Å². The van der Waals surface area contributed by atoms with E-state index in [1.165, 1.54) is 6.07 Å². The lowest BCUT2D eigenvalue weighted by Gasteiger charge is -2.38. The highest BCUT2D eigenvalue weighted by Crippen LogP contribution is 2.31. The van der Waals surface area contributed by atoms with Gasteiger partial charge in [0.15, 0.2) is 6.10 Å². The lowest BCUT2D eigenvalue weighted by Crippen LogP contribution is -2.61. The summed E-state index contributed by atoms with van der Waals surface area (Å²) in [6.45, 7) is 2.08. The number of hydrogen-bond acceptors (Lipinski definition) is 8. The van der Waals surface area contributed by atoms with E-state index in [1.54, 1.807) is 12.1 Å². The van der Waals surface area contributed by atoms with Gasteiger partial charge in [0.2, 0.25) is 12.2 Å². The summed E-state index contributed by atoms with van der Waals surface area (Å²) in [6.07, 6.45) is -7.87. The van der Waals surface area contributed by atoms with Crippen LogP contribution in [-0.4, -0.2) is 69.6 Å². The number of rotatable bonds is 7. The van der Waals surface area contributed by atoms with Crippen molar-refractivity contribution < 1.29 is 39.5 Å². The minimum absolute atomic E-state index is 0.0876. The van der Waals surface area contributed by atoms with Crippen LogP contribution in [0.2, 0.25) is 0 Å². The number of nitrogens with two attached hydrogens (primary N) is 1. The standard InChI is InChI=1S/C17H24N2O8/c1-2-8-3-4-10(9(7-8)19-11(20)5-6-18)26-17-14(23)12(21)13(22)15(27-17)16(24)25/h3-4,7,12-15,17,21-23H,2,5-6,18H2,1H3,(H,19,20)(H,24,25)/t12-,13-,14+,15-,17+/m0/s1. The van der Waals surface area contributed by atoms with Crippen LogP contribution in [-0.2, 0) is 20.7 Å². The number of aliphatic carboxylic acids is 1. The van der Waals surface area contributed by atoms with Gasteiger partial charge in [-0.3, -0.25) is 4.79 Å². The fourth-order valence-electron chi connectivity index (χ4n) is 2.62. The molecule has 1 amide bonds. The summed E-state index contributed by atoms with van der Waals surface area (Å²) in [7, 11) is 0. The Morgan fingerprint density at radius 3 is 2.52 bits per heavy atom. The second kappa shape index (κ2) is 9.11. The van der Waals surface area contributed by atoms with Gasteiger partial charge in [-0.2, -0.15) is 0 Å². The van der Waals surface area contributed by atoms with Crippen LogP contribution in [0.25, 0.3) is 0 Å². The number of aliphatic hydroxyl groups is 3. The molecule has 10 heteroatoms. The fraction of sp³-hybridized carbons (Fsp3) is 0.529. The quantitative estimate of drug-likeness (QED) is 0.338. The van der Waals surface area contributed by atoms with E-state index in [0.717, 1.165) is 5.56 Å². The van der Waals surface area contributed by atoms with Crippen LogP contribution in [0.1, 0.15) is 18.9 Å². The number of aliphatic hydroxyl groups excluding tert-OH is 3. The van der Waals surface area contributed by atoms with Gasteiger partial charge >= 0.3 is 5.97 Å². The number of nitrogens with one attached hydrogen (secondary N) is 1. The van der Waals surface area contributed by atoms with Crippen LogP contribution >= 0.6 is 0 Å². The maximum Gasteiger partial charge on any atom is 0.335 e. The highest BCUT2D eigenvalue weighted by Gasteiger charge is 2.48. The average Bonchev–Trinajstić information content (AvgIpc) is 2.63. The van der Waals surface area contributed by atoms with Gasteiger partial charge in [0, 0.05) is 13.0 Å². The summed E-state index contributed by atoms with van der Waals surface area (Å²) < 4.78 is 10.6. The van der Waals surface area contributed by atoms with Gasteiger partial charge in [0.1, 0.15) is 24.1 Å². The molecule has 1 aliphatic rings. The molecule has 0 spiro atoms. The monoisotopic (exact) mass is 384 g/mol. The Kier molecular flexibility index (Phi) is 7.11. The molecule has 0 radical (unpaired) electrons. The minimum Gasteiger partial charge on any atom is -0.479 e. The minimum atomic E-state index is -1.82. The summed E-state index contributed by atoms with van der Waals surface area (Å²) in [5, 5.41) is 41.4. The first-order valence-corrected chi connectivity index (χ1v) is 8.50. The van der Waals surface area contributed by atoms with Crippen molar-refractivity contribution in [3.05, 3.63) is 23.8 Å². The number of amides is 1. The number of carboxylic acid groups (broad SMARTS) is 1. The highest BCUT2D eigenvalue weighted by molar-refractivity contribution is 5.92. The third-order valence-electron chi connectivity index (χ3n) is 4.15. The average molecular weight is 384 g/mol. The van der Waals surface area contributed by atoms with E-state index in [2.05, 4.69) is 5.32 Å². The van der Waals surface area contributed by atoms with E-state index in [4.69, 9.17) is 20.3 Å². The zero-order valence-corrected chi connectivity index (χ0v) is 14.7. The molecule has 2 rings (SSSR count). The number of carbonyl (C=O) groups excluding carboxylic acids is 1. The van der Waals surface area contributed by atoms with Gasteiger partial charge in [-0.05, 0) is 24.1 Å². The molecule has 150 valence electrons. The summed E-state index contributed by atoms with van der Waals surface area (Å²) in [5.41, 5.74) is 6.55. The van der Waals surface area contributed by atoms with Crippen LogP contribution in [0.5, 0.6) is 5.75 Å². The zero-order chi connectivity index (χ0) is 20.1. The largest absolute Gasteiger partial charge is 0.479 e. The van der Waals surface area contributed by atoms with Crippen molar-refractivity contribution in [2.75, 3.05) is 11.9 Å². The topological polar surface area (TPSA) is 172 Å². The van der Waals surface area contributed by atoms with Crippen molar-refractivity contribution in [1.29, 1.82) is 0 Å². The van der Waals surface area contributed by atoms with E-state index in [1.807, 2.05) is 6.92 Å². The zero-order valence-electron chi connectivity index (χ0n) is 14.7. The molecule has 0 aromatic heterocycles. The Balaban J connectivity index is 2.26. The molecule has 0 saturated carbocycles. The number of carbonyl (C=O) groups is 2. The van der Waals surface area contributed by atoms with Crippen LogP contribution in [0.15, 0.2) is 18.2 Å². The third kappa shape index (κ3) is 4.93. The molecule has 5 atom stereocenters. The number of anilines is 1. The molecule has 7 N–H and O–H groups in total. The second-order valence-electron chi connectivity index (χ2n) is 6.12. The van der Waals surface area contributed by atoms with Crippen LogP contribution in [0.3, 0.4) is 0 Å². The highest BCUT2D eigenvalue weighted by atomic mass is 16.7. The van der Waals surface area contributed by atoms with E-state index in [0.29, 0.717) is 6.42 Å². The number of carboxylic acids is 1. The van der Waals surface area contributed by atoms with Crippen molar-refractivity contribution in [2.24, 2.45) is 5.73 Å². The molecule has 1 heterocycles. The van der Waals surface area contributed by atoms with Crippen molar-refractivity contribution in [2.45, 2.75) is 50.5 Å². The first-order chi connectivity index (χ1) is 12.8. The molecule has 1 aliphatic heterocycles. The lowest BCUT2D eigenvalue weighted by molar-refractivity contribution is -0.271. The van der Waals surface area contributed by atoms with E-state index >= 15 is 0 Å². The predicted molar refractivity (Wildman–Crippen MR) is 93.1 cm³/mol. The molecule has 0 unspecified atom stereocenters. The summed E-state index contributed by atoms with van der Waals surface area (Å²) >= 11 is 0. The van der Waals surface area contributed by atoms with Gasteiger partial charge in [-0.1, -0.05) is 13.0 Å². The van der Waals surface area contributed by atoms with Crippen LogP contribution in [0, 0.1) is 0 Å². The molecule has 1 saturated heterocycles. The summed E-state index contributed by atoms with van der Waals surface area (Å²) in [4.78, 5) is 23.1. The maximum atomic E-state index is 11.9. The lowest BCUT2D eigenvalue weighted by atomic mass is 9.99. The Labute approximate surface area is 155 Å². The fourth-order valence-corrected chi connectivity index (χ4v) is 2.62. The molecular weight excluding hydrogens is 360 g/mol. The summed E-state index contributed by atoms with van der Waals surface area (Å²) in [6, 6.07) is 4.92. The van der Waals surface area contributed by atoms with E-state index in [9.17, 15) is 24.9 Å². The molecule has 27 heavy (non-hydrogen) atoms. The Bertz CT molecular complexity index is 683. The number of aryl methyl sites for hydroxylation is 1. The molecular formula is C17H24N2O8. The molecule has 0 aliphatic carbocycles. The third-order valence-corrected chi connectivity index (χ3v) is 4.15.